The van der Waals surface area contributed by atoms with Crippen molar-refractivity contribution in [1.82, 2.24) is 10.7 Å². The summed E-state index contributed by atoms with van der Waals surface area (Å²) in [6.07, 6.45) is 2.40. The van der Waals surface area contributed by atoms with Gasteiger partial charge in [0.25, 0.3) is 11.8 Å². The smallest absolute Gasteiger partial charge is 0.262 e. The van der Waals surface area contributed by atoms with Crippen molar-refractivity contribution < 1.29 is 19.1 Å². The van der Waals surface area contributed by atoms with E-state index >= 15 is 0 Å². The SMILES string of the molecule is CCCOc1ccc(/C=N\NC(=O)C(NC(=O)c2ccccc2Cl)C(C)C)cc1OCC. The standard InChI is InChI=1S/C24H30ClN3O4/c1-5-13-32-20-12-11-17(14-21(20)31-6-2)15-26-28-24(30)22(16(3)4)27-23(29)18-9-7-8-10-19(18)25/h7-12,14-16,22H,5-6,13H2,1-4H3,(H,27,29)(H,28,30)/b26-15-. The highest BCUT2D eigenvalue weighted by Crippen LogP contribution is 2.28. The zero-order valence-electron chi connectivity index (χ0n) is 18.9. The second kappa shape index (κ2) is 12.7. The van der Waals surface area contributed by atoms with Gasteiger partial charge in [0.2, 0.25) is 0 Å². The van der Waals surface area contributed by atoms with Crippen LogP contribution in [0.2, 0.25) is 5.02 Å². The molecule has 0 saturated carbocycles. The molecule has 0 heterocycles. The summed E-state index contributed by atoms with van der Waals surface area (Å²) in [5.41, 5.74) is 3.54. The monoisotopic (exact) mass is 459 g/mol. The maximum atomic E-state index is 12.7. The first kappa shape index (κ1) is 25.2. The largest absolute Gasteiger partial charge is 0.490 e. The lowest BCUT2D eigenvalue weighted by Crippen LogP contribution is -2.48. The van der Waals surface area contributed by atoms with Crippen molar-refractivity contribution in [3.63, 3.8) is 0 Å². The number of ether oxygens (including phenoxy) is 2. The molecule has 2 N–H and O–H groups in total. The van der Waals surface area contributed by atoms with E-state index in [0.717, 1.165) is 12.0 Å². The van der Waals surface area contributed by atoms with Crippen LogP contribution in [0.25, 0.3) is 0 Å². The number of rotatable bonds is 11. The molecule has 2 amide bonds. The van der Waals surface area contributed by atoms with Gasteiger partial charge in [-0.05, 0) is 55.2 Å². The molecule has 2 aromatic carbocycles. The van der Waals surface area contributed by atoms with Gasteiger partial charge in [0, 0.05) is 0 Å². The number of hydrogen-bond donors (Lipinski definition) is 2. The number of amides is 2. The summed E-state index contributed by atoms with van der Waals surface area (Å²) in [4.78, 5) is 25.2. The molecule has 0 aromatic heterocycles. The predicted octanol–water partition coefficient (Wildman–Crippen LogP) is 4.43. The first-order valence-electron chi connectivity index (χ1n) is 10.6. The molecule has 0 fully saturated rings. The summed E-state index contributed by atoms with van der Waals surface area (Å²) in [5, 5.41) is 7.09. The zero-order chi connectivity index (χ0) is 23.5. The fourth-order valence-electron chi connectivity index (χ4n) is 2.84. The maximum Gasteiger partial charge on any atom is 0.262 e. The lowest BCUT2D eigenvalue weighted by Gasteiger charge is -2.20. The highest BCUT2D eigenvalue weighted by atomic mass is 35.5. The Hall–Kier alpha value is -3.06. The number of nitrogens with zero attached hydrogens (tertiary/aromatic N) is 1. The van der Waals surface area contributed by atoms with E-state index in [2.05, 4.69) is 15.8 Å². The molecule has 0 aliphatic rings. The predicted molar refractivity (Wildman–Crippen MR) is 127 cm³/mol. The van der Waals surface area contributed by atoms with E-state index in [1.165, 1.54) is 6.21 Å². The second-order valence-electron chi connectivity index (χ2n) is 7.40. The van der Waals surface area contributed by atoms with Crippen molar-refractivity contribution in [3.05, 3.63) is 58.6 Å². The van der Waals surface area contributed by atoms with E-state index < -0.39 is 17.9 Å². The average molecular weight is 460 g/mol. The van der Waals surface area contributed by atoms with Crippen LogP contribution in [0.5, 0.6) is 11.5 Å². The summed E-state index contributed by atoms with van der Waals surface area (Å²) in [6.45, 7) is 8.70. The van der Waals surface area contributed by atoms with Crippen LogP contribution in [0, 0.1) is 5.92 Å². The normalized spacial score (nSPS) is 11.9. The van der Waals surface area contributed by atoms with Gasteiger partial charge in [-0.25, -0.2) is 5.43 Å². The number of hydrogen-bond acceptors (Lipinski definition) is 5. The molecule has 0 aliphatic carbocycles. The van der Waals surface area contributed by atoms with Crippen LogP contribution in [0.1, 0.15) is 50.0 Å². The van der Waals surface area contributed by atoms with Crippen molar-refractivity contribution in [3.8, 4) is 11.5 Å². The highest BCUT2D eigenvalue weighted by molar-refractivity contribution is 6.33. The Morgan fingerprint density at radius 1 is 1.09 bits per heavy atom. The van der Waals surface area contributed by atoms with Crippen molar-refractivity contribution in [1.29, 1.82) is 0 Å². The van der Waals surface area contributed by atoms with Gasteiger partial charge < -0.3 is 14.8 Å². The quantitative estimate of drug-likeness (QED) is 0.384. The molecule has 0 spiro atoms. The molecule has 1 unspecified atom stereocenters. The van der Waals surface area contributed by atoms with Gasteiger partial charge in [0.15, 0.2) is 11.5 Å². The van der Waals surface area contributed by atoms with Crippen LogP contribution in [-0.4, -0.2) is 37.3 Å². The second-order valence-corrected chi connectivity index (χ2v) is 7.80. The molecule has 0 radical (unpaired) electrons. The van der Waals surface area contributed by atoms with Gasteiger partial charge in [0.05, 0.1) is 30.0 Å². The number of hydrazone groups is 1. The molecule has 2 rings (SSSR count). The summed E-state index contributed by atoms with van der Waals surface area (Å²) in [7, 11) is 0. The van der Waals surface area contributed by atoms with E-state index in [-0.39, 0.29) is 5.92 Å². The molecule has 32 heavy (non-hydrogen) atoms. The van der Waals surface area contributed by atoms with Gasteiger partial charge in [0.1, 0.15) is 6.04 Å². The van der Waals surface area contributed by atoms with Crippen LogP contribution in [0.15, 0.2) is 47.6 Å². The lowest BCUT2D eigenvalue weighted by atomic mass is 10.0. The van der Waals surface area contributed by atoms with Crippen LogP contribution < -0.4 is 20.2 Å². The fraction of sp³-hybridized carbons (Fsp3) is 0.375. The van der Waals surface area contributed by atoms with Crippen molar-refractivity contribution in [2.75, 3.05) is 13.2 Å². The molecule has 172 valence electrons. The lowest BCUT2D eigenvalue weighted by molar-refractivity contribution is -0.123. The maximum absolute atomic E-state index is 12.7. The van der Waals surface area contributed by atoms with Crippen LogP contribution in [-0.2, 0) is 4.79 Å². The van der Waals surface area contributed by atoms with Crippen LogP contribution in [0.4, 0.5) is 0 Å². The molecule has 0 bridgehead atoms. The first-order valence-corrected chi connectivity index (χ1v) is 11.0. The summed E-state index contributed by atoms with van der Waals surface area (Å²) >= 11 is 6.08. The Balaban J connectivity index is 2.05. The molecule has 0 aliphatic heterocycles. The van der Waals surface area contributed by atoms with Gasteiger partial charge in [-0.3, -0.25) is 9.59 Å². The summed E-state index contributed by atoms with van der Waals surface area (Å²) in [5.74, 6) is 0.276. The van der Waals surface area contributed by atoms with Crippen molar-refractivity contribution >= 4 is 29.6 Å². The van der Waals surface area contributed by atoms with E-state index in [1.807, 2.05) is 39.8 Å². The van der Waals surface area contributed by atoms with Gasteiger partial charge in [-0.2, -0.15) is 5.10 Å². The Bertz CT molecular complexity index is 947. The average Bonchev–Trinajstić information content (AvgIpc) is 2.77. The van der Waals surface area contributed by atoms with Crippen LogP contribution >= 0.6 is 11.6 Å². The van der Waals surface area contributed by atoms with Gasteiger partial charge in [-0.15, -0.1) is 0 Å². The number of carbonyl (C=O) groups excluding carboxylic acids is 2. The minimum Gasteiger partial charge on any atom is -0.490 e. The highest BCUT2D eigenvalue weighted by Gasteiger charge is 2.25. The Morgan fingerprint density at radius 2 is 1.84 bits per heavy atom. The zero-order valence-corrected chi connectivity index (χ0v) is 19.6. The number of benzene rings is 2. The number of halogens is 1. The molecular weight excluding hydrogens is 430 g/mol. The molecule has 1 atom stereocenters. The molecule has 2 aromatic rings. The Labute approximate surface area is 194 Å². The molecule has 8 heteroatoms. The topological polar surface area (TPSA) is 89.0 Å². The minimum atomic E-state index is -0.778. The Kier molecular flexibility index (Phi) is 10.0. The van der Waals surface area contributed by atoms with Gasteiger partial charge >= 0.3 is 0 Å². The third-order valence-electron chi connectivity index (χ3n) is 4.47. The molecule has 0 saturated heterocycles. The van der Waals surface area contributed by atoms with Gasteiger partial charge in [-0.1, -0.05) is 44.5 Å². The van der Waals surface area contributed by atoms with Crippen molar-refractivity contribution in [2.45, 2.75) is 40.2 Å². The van der Waals surface area contributed by atoms with E-state index in [9.17, 15) is 9.59 Å². The third kappa shape index (κ3) is 7.27. The number of carbonyl (C=O) groups is 2. The first-order chi connectivity index (χ1) is 15.4. The molecular formula is C24H30ClN3O4. The Morgan fingerprint density at radius 3 is 2.50 bits per heavy atom. The summed E-state index contributed by atoms with van der Waals surface area (Å²) < 4.78 is 11.3. The third-order valence-corrected chi connectivity index (χ3v) is 4.80. The van der Waals surface area contributed by atoms with Crippen LogP contribution in [0.3, 0.4) is 0 Å². The van der Waals surface area contributed by atoms with Crippen molar-refractivity contribution in [2.24, 2.45) is 11.0 Å². The minimum absolute atomic E-state index is 0.156. The molecule has 7 nitrogen and oxygen atoms in total. The number of nitrogens with one attached hydrogen (secondary N) is 2. The summed E-state index contributed by atoms with van der Waals surface area (Å²) in [6, 6.07) is 11.3. The van der Waals surface area contributed by atoms with E-state index in [1.54, 1.807) is 30.3 Å². The van der Waals surface area contributed by atoms with E-state index in [4.69, 9.17) is 21.1 Å². The fourth-order valence-corrected chi connectivity index (χ4v) is 3.07. The van der Waals surface area contributed by atoms with E-state index in [0.29, 0.717) is 35.3 Å².